The van der Waals surface area contributed by atoms with Gasteiger partial charge in [-0.05, 0) is 25.7 Å². The third kappa shape index (κ3) is 2.87. The van der Waals surface area contributed by atoms with E-state index in [9.17, 15) is 5.11 Å². The molecule has 0 aromatic heterocycles. The molecule has 0 aromatic carbocycles. The smallest absolute Gasteiger partial charge is 0.0677 e. The third-order valence-corrected chi connectivity index (χ3v) is 2.42. The van der Waals surface area contributed by atoms with Crippen molar-refractivity contribution in [3.63, 3.8) is 0 Å². The fourth-order valence-corrected chi connectivity index (χ4v) is 1.58. The Morgan fingerprint density at radius 2 is 2.25 bits per heavy atom. The highest BCUT2D eigenvalue weighted by Gasteiger charge is 2.22. The van der Waals surface area contributed by atoms with Crippen LogP contribution in [-0.4, -0.2) is 11.2 Å². The number of aliphatic hydroxyl groups is 1. The fourth-order valence-electron chi connectivity index (χ4n) is 1.58. The summed E-state index contributed by atoms with van der Waals surface area (Å²) in [5, 5.41) is 9.44. The van der Waals surface area contributed by atoms with Gasteiger partial charge in [-0.2, -0.15) is 0 Å². The van der Waals surface area contributed by atoms with Gasteiger partial charge in [-0.3, -0.25) is 0 Å². The minimum absolute atomic E-state index is 0.140. The van der Waals surface area contributed by atoms with Crippen molar-refractivity contribution in [3.05, 3.63) is 0 Å². The van der Waals surface area contributed by atoms with Gasteiger partial charge in [0.2, 0.25) is 0 Å². The summed E-state index contributed by atoms with van der Waals surface area (Å²) in [6, 6.07) is 0. The van der Waals surface area contributed by atoms with Gasteiger partial charge in [-0.1, -0.05) is 19.3 Å². The lowest BCUT2D eigenvalue weighted by Crippen LogP contribution is -2.10. The van der Waals surface area contributed by atoms with Crippen LogP contribution in [0, 0.1) is 17.8 Å². The molecule has 1 rings (SSSR count). The van der Waals surface area contributed by atoms with Crippen LogP contribution in [-0.2, 0) is 0 Å². The highest BCUT2D eigenvalue weighted by atomic mass is 16.3. The lowest BCUT2D eigenvalue weighted by molar-refractivity contribution is 0.157. The molecule has 1 fully saturated rings. The van der Waals surface area contributed by atoms with E-state index >= 15 is 0 Å². The van der Waals surface area contributed by atoms with E-state index in [4.69, 9.17) is 0 Å². The summed E-state index contributed by atoms with van der Waals surface area (Å²) in [6.45, 7) is 2.17. The van der Waals surface area contributed by atoms with Gasteiger partial charge in [0.25, 0.3) is 0 Å². The number of aliphatic hydroxyl groups excluding tert-OH is 1. The molecule has 0 radical (unpaired) electrons. The first-order valence-corrected chi connectivity index (χ1v) is 5.01. The largest absolute Gasteiger partial charge is 0.392 e. The van der Waals surface area contributed by atoms with Gasteiger partial charge in [-0.25, -0.2) is 0 Å². The maximum absolute atomic E-state index is 9.44. The van der Waals surface area contributed by atoms with Crippen LogP contribution in [0.2, 0.25) is 0 Å². The molecule has 1 saturated carbocycles. The van der Waals surface area contributed by atoms with E-state index < -0.39 is 0 Å². The Labute approximate surface area is 75.2 Å². The molecular formula is C11H18O. The molecule has 0 amide bonds. The van der Waals surface area contributed by atoms with Crippen molar-refractivity contribution in [2.24, 2.45) is 5.92 Å². The van der Waals surface area contributed by atoms with Gasteiger partial charge in [0.1, 0.15) is 0 Å². The minimum Gasteiger partial charge on any atom is -0.392 e. The van der Waals surface area contributed by atoms with E-state index in [-0.39, 0.29) is 12.0 Å². The van der Waals surface area contributed by atoms with E-state index in [1.54, 1.807) is 0 Å². The number of unbranched alkanes of at least 4 members (excludes halogenated alkanes) is 2. The third-order valence-electron chi connectivity index (χ3n) is 2.42. The second kappa shape index (κ2) is 5.22. The van der Waals surface area contributed by atoms with Crippen LogP contribution < -0.4 is 0 Å². The summed E-state index contributed by atoms with van der Waals surface area (Å²) in [6.07, 6.45) is 6.46. The maximum atomic E-state index is 9.44. The molecular weight excluding hydrogens is 148 g/mol. The Kier molecular flexibility index (Phi) is 4.18. The van der Waals surface area contributed by atoms with Gasteiger partial charge in [0.15, 0.2) is 0 Å². The van der Waals surface area contributed by atoms with Crippen molar-refractivity contribution in [1.29, 1.82) is 0 Å². The van der Waals surface area contributed by atoms with Crippen LogP contribution in [0.4, 0.5) is 0 Å². The standard InChI is InChI=1S/C11H18O/c1-2-3-4-5-7-10-8-6-9-11(10)12/h10-12H,2-4,6,8-9H2,1H3. The topological polar surface area (TPSA) is 20.2 Å². The fraction of sp³-hybridized carbons (Fsp3) is 0.818. The molecule has 68 valence electrons. The van der Waals surface area contributed by atoms with E-state index in [2.05, 4.69) is 18.8 Å². The van der Waals surface area contributed by atoms with Crippen molar-refractivity contribution in [2.75, 3.05) is 0 Å². The van der Waals surface area contributed by atoms with Gasteiger partial charge in [0.05, 0.1) is 6.10 Å². The Morgan fingerprint density at radius 3 is 2.83 bits per heavy atom. The lowest BCUT2D eigenvalue weighted by atomic mass is 10.1. The van der Waals surface area contributed by atoms with Gasteiger partial charge < -0.3 is 5.11 Å². The Bertz CT molecular complexity index is 175. The summed E-state index contributed by atoms with van der Waals surface area (Å²) >= 11 is 0. The predicted octanol–water partition coefficient (Wildman–Crippen LogP) is 2.34. The zero-order valence-electron chi connectivity index (χ0n) is 7.84. The second-order valence-electron chi connectivity index (χ2n) is 3.53. The highest BCUT2D eigenvalue weighted by molar-refractivity contribution is 5.07. The summed E-state index contributed by atoms with van der Waals surface area (Å²) in [7, 11) is 0. The van der Waals surface area contributed by atoms with E-state index in [1.807, 2.05) is 0 Å². The van der Waals surface area contributed by atoms with Crippen molar-refractivity contribution < 1.29 is 5.11 Å². The molecule has 0 bridgehead atoms. The lowest BCUT2D eigenvalue weighted by Gasteiger charge is -2.04. The SMILES string of the molecule is CCCCC#CC1CCCC1O. The first kappa shape index (κ1) is 9.61. The summed E-state index contributed by atoms with van der Waals surface area (Å²) < 4.78 is 0. The molecule has 1 aliphatic carbocycles. The minimum atomic E-state index is -0.140. The molecule has 0 aromatic rings. The maximum Gasteiger partial charge on any atom is 0.0677 e. The molecule has 2 unspecified atom stereocenters. The zero-order valence-corrected chi connectivity index (χ0v) is 7.84. The first-order chi connectivity index (χ1) is 5.84. The zero-order chi connectivity index (χ0) is 8.81. The average molecular weight is 166 g/mol. The molecule has 2 atom stereocenters. The molecule has 0 heterocycles. The quantitative estimate of drug-likeness (QED) is 0.493. The summed E-state index contributed by atoms with van der Waals surface area (Å²) in [5.74, 6) is 6.59. The van der Waals surface area contributed by atoms with Crippen molar-refractivity contribution in [2.45, 2.75) is 51.6 Å². The normalized spacial score (nSPS) is 28.2. The molecule has 1 aliphatic rings. The molecule has 1 N–H and O–H groups in total. The van der Waals surface area contributed by atoms with Crippen molar-refractivity contribution in [3.8, 4) is 11.8 Å². The van der Waals surface area contributed by atoms with E-state index in [0.717, 1.165) is 25.7 Å². The van der Waals surface area contributed by atoms with E-state index in [0.29, 0.717) is 0 Å². The van der Waals surface area contributed by atoms with Crippen LogP contribution in [0.5, 0.6) is 0 Å². The van der Waals surface area contributed by atoms with Crippen LogP contribution in [0.15, 0.2) is 0 Å². The molecule has 0 aliphatic heterocycles. The predicted molar refractivity (Wildman–Crippen MR) is 50.6 cm³/mol. The number of rotatable bonds is 2. The van der Waals surface area contributed by atoms with Gasteiger partial charge in [-0.15, -0.1) is 5.92 Å². The van der Waals surface area contributed by atoms with Crippen molar-refractivity contribution >= 4 is 0 Å². The van der Waals surface area contributed by atoms with Gasteiger partial charge in [0, 0.05) is 12.3 Å². The van der Waals surface area contributed by atoms with E-state index in [1.165, 1.54) is 12.8 Å². The molecule has 0 spiro atoms. The van der Waals surface area contributed by atoms with Crippen LogP contribution in [0.3, 0.4) is 0 Å². The average Bonchev–Trinajstić information content (AvgIpc) is 2.46. The Hall–Kier alpha value is -0.480. The van der Waals surface area contributed by atoms with Crippen LogP contribution in [0.25, 0.3) is 0 Å². The second-order valence-corrected chi connectivity index (χ2v) is 3.53. The number of hydrogen-bond acceptors (Lipinski definition) is 1. The Morgan fingerprint density at radius 1 is 1.42 bits per heavy atom. The molecule has 0 saturated heterocycles. The van der Waals surface area contributed by atoms with Gasteiger partial charge >= 0.3 is 0 Å². The van der Waals surface area contributed by atoms with Crippen molar-refractivity contribution in [1.82, 2.24) is 0 Å². The highest BCUT2D eigenvalue weighted by Crippen LogP contribution is 2.24. The first-order valence-electron chi connectivity index (χ1n) is 5.01. The summed E-state index contributed by atoms with van der Waals surface area (Å²) in [4.78, 5) is 0. The monoisotopic (exact) mass is 166 g/mol. The molecule has 1 nitrogen and oxygen atoms in total. The molecule has 1 heteroatoms. The van der Waals surface area contributed by atoms with Crippen LogP contribution in [0.1, 0.15) is 45.4 Å². The Balaban J connectivity index is 2.22. The summed E-state index contributed by atoms with van der Waals surface area (Å²) in [5.41, 5.74) is 0. The van der Waals surface area contributed by atoms with Crippen LogP contribution >= 0.6 is 0 Å². The molecule has 12 heavy (non-hydrogen) atoms. The number of hydrogen-bond donors (Lipinski definition) is 1.